The van der Waals surface area contributed by atoms with E-state index < -0.39 is 0 Å². The molecule has 0 aliphatic carbocycles. The molecule has 0 radical (unpaired) electrons. The summed E-state index contributed by atoms with van der Waals surface area (Å²) < 4.78 is 11.2. The third kappa shape index (κ3) is 3.00. The highest BCUT2D eigenvalue weighted by Gasteiger charge is 2.35. The number of methoxy groups -OCH3 is 1. The van der Waals surface area contributed by atoms with E-state index in [4.69, 9.17) is 9.47 Å². The lowest BCUT2D eigenvalue weighted by Gasteiger charge is -2.22. The fraction of sp³-hybridized carbons (Fsp3) is 0.538. The van der Waals surface area contributed by atoms with Gasteiger partial charge in [0.05, 0.1) is 6.10 Å². The van der Waals surface area contributed by atoms with Crippen LogP contribution in [0.3, 0.4) is 0 Å². The zero-order valence-corrected chi connectivity index (χ0v) is 10.6. The minimum atomic E-state index is -0.359. The molecule has 1 aromatic rings. The van der Waals surface area contributed by atoms with Crippen molar-refractivity contribution < 1.29 is 9.47 Å². The molecule has 0 saturated carbocycles. The second-order valence-corrected chi connectivity index (χ2v) is 5.33. The summed E-state index contributed by atoms with van der Waals surface area (Å²) in [4.78, 5) is 1.30. The minimum absolute atomic E-state index is 0.315. The summed E-state index contributed by atoms with van der Waals surface area (Å²) in [6.07, 6.45) is 2.39. The van der Waals surface area contributed by atoms with Gasteiger partial charge in [-0.1, -0.05) is 18.2 Å². The Kier molecular flexibility index (Phi) is 3.90. The highest BCUT2D eigenvalue weighted by molar-refractivity contribution is 7.99. The highest BCUT2D eigenvalue weighted by atomic mass is 32.2. The molecule has 0 amide bonds. The van der Waals surface area contributed by atoms with Crippen LogP contribution in [0.4, 0.5) is 0 Å². The van der Waals surface area contributed by atoms with Crippen molar-refractivity contribution >= 4 is 11.8 Å². The molecule has 0 unspecified atom stereocenters. The highest BCUT2D eigenvalue weighted by Crippen LogP contribution is 2.33. The van der Waals surface area contributed by atoms with E-state index in [0.717, 1.165) is 18.6 Å². The second kappa shape index (κ2) is 5.21. The second-order valence-electron chi connectivity index (χ2n) is 4.24. The SMILES string of the molecule is CO[C@]1(C)CC[C@@H](CSc2ccccc2)O1. The van der Waals surface area contributed by atoms with Crippen molar-refractivity contribution in [3.8, 4) is 0 Å². The van der Waals surface area contributed by atoms with Crippen LogP contribution in [0.1, 0.15) is 19.8 Å². The van der Waals surface area contributed by atoms with Crippen molar-refractivity contribution in [1.82, 2.24) is 0 Å². The van der Waals surface area contributed by atoms with Gasteiger partial charge in [0.15, 0.2) is 5.79 Å². The Morgan fingerprint density at radius 3 is 2.81 bits per heavy atom. The van der Waals surface area contributed by atoms with E-state index >= 15 is 0 Å². The summed E-state index contributed by atoms with van der Waals surface area (Å²) in [6.45, 7) is 2.01. The predicted octanol–water partition coefficient (Wildman–Crippen LogP) is 3.32. The van der Waals surface area contributed by atoms with Crippen LogP contribution in [0.25, 0.3) is 0 Å². The summed E-state index contributed by atoms with van der Waals surface area (Å²) in [5.74, 6) is 0.644. The smallest absolute Gasteiger partial charge is 0.165 e. The van der Waals surface area contributed by atoms with Gasteiger partial charge in [0.2, 0.25) is 0 Å². The Hall–Kier alpha value is -0.510. The van der Waals surface area contributed by atoms with Crippen LogP contribution in [-0.2, 0) is 9.47 Å². The molecular weight excluding hydrogens is 220 g/mol. The fourth-order valence-corrected chi connectivity index (χ4v) is 2.83. The Morgan fingerprint density at radius 1 is 1.44 bits per heavy atom. The van der Waals surface area contributed by atoms with Gasteiger partial charge >= 0.3 is 0 Å². The molecule has 1 fully saturated rings. The maximum Gasteiger partial charge on any atom is 0.165 e. The van der Waals surface area contributed by atoms with E-state index in [-0.39, 0.29) is 5.79 Å². The number of ether oxygens (including phenoxy) is 2. The molecule has 16 heavy (non-hydrogen) atoms. The zero-order chi connectivity index (χ0) is 11.4. The Labute approximate surface area is 101 Å². The average molecular weight is 238 g/mol. The molecule has 2 rings (SSSR count). The van der Waals surface area contributed by atoms with Crippen LogP contribution in [0.15, 0.2) is 35.2 Å². The number of hydrogen-bond donors (Lipinski definition) is 0. The lowest BCUT2D eigenvalue weighted by atomic mass is 10.2. The van der Waals surface area contributed by atoms with Crippen LogP contribution in [0.2, 0.25) is 0 Å². The molecule has 1 aliphatic rings. The quantitative estimate of drug-likeness (QED) is 0.750. The Morgan fingerprint density at radius 2 is 2.19 bits per heavy atom. The zero-order valence-electron chi connectivity index (χ0n) is 9.81. The summed E-state index contributed by atoms with van der Waals surface area (Å²) >= 11 is 1.85. The summed E-state index contributed by atoms with van der Waals surface area (Å²) in [5.41, 5.74) is 0. The first-order valence-corrected chi connectivity index (χ1v) is 6.61. The summed E-state index contributed by atoms with van der Waals surface area (Å²) in [6, 6.07) is 10.4. The van der Waals surface area contributed by atoms with Gasteiger partial charge < -0.3 is 9.47 Å². The summed E-state index contributed by atoms with van der Waals surface area (Å²) in [7, 11) is 1.71. The monoisotopic (exact) mass is 238 g/mol. The molecule has 2 nitrogen and oxygen atoms in total. The van der Waals surface area contributed by atoms with Gasteiger partial charge in [-0.25, -0.2) is 0 Å². The van der Waals surface area contributed by atoms with Crippen LogP contribution < -0.4 is 0 Å². The van der Waals surface area contributed by atoms with Crippen molar-refractivity contribution in [2.75, 3.05) is 12.9 Å². The predicted molar refractivity (Wildman–Crippen MR) is 66.7 cm³/mol. The van der Waals surface area contributed by atoms with Crippen molar-refractivity contribution in [1.29, 1.82) is 0 Å². The number of benzene rings is 1. The molecule has 0 bridgehead atoms. The van der Waals surface area contributed by atoms with E-state index in [1.165, 1.54) is 4.90 Å². The number of thioether (sulfide) groups is 1. The van der Waals surface area contributed by atoms with Crippen molar-refractivity contribution in [3.63, 3.8) is 0 Å². The number of hydrogen-bond acceptors (Lipinski definition) is 3. The van der Waals surface area contributed by atoms with Gasteiger partial charge in [-0.05, 0) is 25.5 Å². The first-order valence-electron chi connectivity index (χ1n) is 5.63. The fourth-order valence-electron chi connectivity index (χ4n) is 1.87. The van der Waals surface area contributed by atoms with Crippen LogP contribution in [0, 0.1) is 0 Å². The molecule has 0 aromatic heterocycles. The largest absolute Gasteiger partial charge is 0.353 e. The van der Waals surface area contributed by atoms with Gasteiger partial charge in [-0.2, -0.15) is 0 Å². The molecule has 2 atom stereocenters. The lowest BCUT2D eigenvalue weighted by Crippen LogP contribution is -2.27. The van der Waals surface area contributed by atoms with Crippen molar-refractivity contribution in [2.24, 2.45) is 0 Å². The summed E-state index contributed by atoms with van der Waals surface area (Å²) in [5, 5.41) is 0. The van der Waals surface area contributed by atoms with E-state index in [2.05, 4.69) is 24.3 Å². The average Bonchev–Trinajstić information content (AvgIpc) is 2.71. The van der Waals surface area contributed by atoms with Gasteiger partial charge in [0.1, 0.15) is 0 Å². The Bertz CT molecular complexity index is 328. The maximum absolute atomic E-state index is 5.88. The normalized spacial score (nSPS) is 29.5. The number of rotatable bonds is 4. The topological polar surface area (TPSA) is 18.5 Å². The van der Waals surface area contributed by atoms with Gasteiger partial charge in [-0.15, -0.1) is 11.8 Å². The van der Waals surface area contributed by atoms with Crippen molar-refractivity contribution in [2.45, 2.75) is 36.6 Å². The van der Waals surface area contributed by atoms with Crippen molar-refractivity contribution in [3.05, 3.63) is 30.3 Å². The molecule has 88 valence electrons. The first kappa shape index (κ1) is 12.0. The molecular formula is C13H18O2S. The maximum atomic E-state index is 5.88. The van der Waals surface area contributed by atoms with E-state index in [0.29, 0.717) is 6.10 Å². The van der Waals surface area contributed by atoms with Gasteiger partial charge in [-0.3, -0.25) is 0 Å². The van der Waals surface area contributed by atoms with E-state index in [1.807, 2.05) is 24.8 Å². The van der Waals surface area contributed by atoms with Crippen LogP contribution in [0.5, 0.6) is 0 Å². The van der Waals surface area contributed by atoms with Gasteiger partial charge in [0.25, 0.3) is 0 Å². The van der Waals surface area contributed by atoms with E-state index in [9.17, 15) is 0 Å². The van der Waals surface area contributed by atoms with Crippen LogP contribution in [-0.4, -0.2) is 24.8 Å². The third-order valence-electron chi connectivity index (χ3n) is 2.95. The molecule has 1 saturated heterocycles. The molecule has 3 heteroatoms. The molecule has 0 N–H and O–H groups in total. The standard InChI is InChI=1S/C13H18O2S/c1-13(14-2)9-8-11(15-13)10-16-12-6-4-3-5-7-12/h3-7,11H,8-10H2,1-2H3/t11-,13-/m0/s1. The lowest BCUT2D eigenvalue weighted by molar-refractivity contribution is -0.194. The van der Waals surface area contributed by atoms with Crippen LogP contribution >= 0.6 is 11.8 Å². The molecule has 0 spiro atoms. The van der Waals surface area contributed by atoms with Gasteiger partial charge in [0, 0.05) is 24.2 Å². The van der Waals surface area contributed by atoms with E-state index in [1.54, 1.807) is 7.11 Å². The third-order valence-corrected chi connectivity index (χ3v) is 4.09. The first-order chi connectivity index (χ1) is 7.72. The Balaban J connectivity index is 1.80. The molecule has 1 aromatic carbocycles. The molecule has 1 heterocycles. The molecule has 1 aliphatic heterocycles. The minimum Gasteiger partial charge on any atom is -0.353 e.